The average Bonchev–Trinajstić information content (AvgIpc) is 3.19. The van der Waals surface area contributed by atoms with Gasteiger partial charge in [0, 0.05) is 22.3 Å². The number of hydrogen-bond donors (Lipinski definition) is 2. The maximum atomic E-state index is 11.5. The Bertz CT molecular complexity index is 1180. The van der Waals surface area contributed by atoms with Gasteiger partial charge in [-0.25, -0.2) is 4.98 Å². The van der Waals surface area contributed by atoms with E-state index in [1.165, 1.54) is 0 Å². The minimum atomic E-state index is -1.37. The number of aromatic hydroxyl groups is 1. The summed E-state index contributed by atoms with van der Waals surface area (Å²) in [6.07, 6.45) is 0.951. The van der Waals surface area contributed by atoms with E-state index in [1.54, 1.807) is 18.2 Å². The standard InChI is InChI=1S/C25H20N2O3.Na/c1-16-12-13-19(21(28)14-16)20(15-22(29)30)25-26-23(17-8-4-2-5-9-17)24(27-25)18-10-6-3-7-11-18;/h2-15,28H,1H3,(H,26,27)(H,29,30);/q;+1/p-1. The number of aromatic amines is 1. The van der Waals surface area contributed by atoms with E-state index < -0.39 is 5.97 Å². The second-order valence-electron chi connectivity index (χ2n) is 6.94. The molecule has 0 atom stereocenters. The summed E-state index contributed by atoms with van der Waals surface area (Å²) < 4.78 is 0. The van der Waals surface area contributed by atoms with Gasteiger partial charge in [-0.1, -0.05) is 72.8 Å². The first-order valence-corrected chi connectivity index (χ1v) is 9.47. The molecule has 0 saturated heterocycles. The molecule has 0 aliphatic rings. The molecule has 5 nitrogen and oxygen atoms in total. The van der Waals surface area contributed by atoms with Gasteiger partial charge in [-0.05, 0) is 24.6 Å². The Morgan fingerprint density at radius 1 is 0.968 bits per heavy atom. The SMILES string of the molecule is Cc1ccc(C(=CC(=O)[O-])c2nc(-c3ccccc3)c(-c3ccccc3)[nH]2)c(O)c1.[Na+]. The zero-order chi connectivity index (χ0) is 21.1. The Hall–Kier alpha value is -3.12. The second kappa shape index (κ2) is 9.79. The number of phenolic OH excluding ortho intramolecular Hbond substituents is 1. The van der Waals surface area contributed by atoms with E-state index in [-0.39, 0.29) is 40.9 Å². The van der Waals surface area contributed by atoms with E-state index in [0.717, 1.165) is 28.5 Å². The van der Waals surface area contributed by atoms with Gasteiger partial charge in [-0.2, -0.15) is 0 Å². The smallest absolute Gasteiger partial charge is 0.545 e. The summed E-state index contributed by atoms with van der Waals surface area (Å²) in [5.74, 6) is -1.07. The molecule has 6 heteroatoms. The predicted octanol–water partition coefficient (Wildman–Crippen LogP) is 0.943. The molecule has 0 spiro atoms. The number of hydrogen-bond acceptors (Lipinski definition) is 4. The third-order valence-electron chi connectivity index (χ3n) is 4.77. The summed E-state index contributed by atoms with van der Waals surface area (Å²) in [6.45, 7) is 1.85. The van der Waals surface area contributed by atoms with E-state index >= 15 is 0 Å². The van der Waals surface area contributed by atoms with Crippen molar-refractivity contribution in [2.75, 3.05) is 0 Å². The van der Waals surface area contributed by atoms with Gasteiger partial charge in [-0.3, -0.25) is 0 Å². The molecule has 148 valence electrons. The summed E-state index contributed by atoms with van der Waals surface area (Å²) >= 11 is 0. The number of carbonyl (C=O) groups is 1. The molecule has 4 aromatic rings. The van der Waals surface area contributed by atoms with Gasteiger partial charge in [0.1, 0.15) is 11.6 Å². The van der Waals surface area contributed by atoms with Crippen LogP contribution in [0.3, 0.4) is 0 Å². The number of aromatic nitrogens is 2. The Labute approximate surface area is 202 Å². The van der Waals surface area contributed by atoms with Gasteiger partial charge in [0.25, 0.3) is 0 Å². The Morgan fingerprint density at radius 3 is 2.16 bits per heavy atom. The number of phenols is 1. The number of nitrogens with zero attached hydrogens (tertiary/aromatic N) is 1. The van der Waals surface area contributed by atoms with Crippen molar-refractivity contribution in [1.29, 1.82) is 0 Å². The van der Waals surface area contributed by atoms with Crippen LogP contribution in [0.4, 0.5) is 0 Å². The fourth-order valence-corrected chi connectivity index (χ4v) is 3.38. The van der Waals surface area contributed by atoms with Crippen LogP contribution in [0.15, 0.2) is 84.9 Å². The van der Waals surface area contributed by atoms with Crippen LogP contribution in [0.25, 0.3) is 28.1 Å². The third-order valence-corrected chi connectivity index (χ3v) is 4.77. The first-order valence-electron chi connectivity index (χ1n) is 9.47. The molecule has 0 unspecified atom stereocenters. The molecule has 3 aromatic carbocycles. The number of carbonyl (C=O) groups excluding carboxylic acids is 1. The van der Waals surface area contributed by atoms with Gasteiger partial charge in [0.05, 0.1) is 17.4 Å². The van der Waals surface area contributed by atoms with Crippen molar-refractivity contribution in [2.24, 2.45) is 0 Å². The summed E-state index contributed by atoms with van der Waals surface area (Å²) in [5, 5.41) is 21.9. The summed E-state index contributed by atoms with van der Waals surface area (Å²) in [7, 11) is 0. The van der Waals surface area contributed by atoms with E-state index in [1.807, 2.05) is 67.6 Å². The minimum Gasteiger partial charge on any atom is -0.545 e. The van der Waals surface area contributed by atoms with Crippen LogP contribution >= 0.6 is 0 Å². The molecule has 0 aliphatic heterocycles. The van der Waals surface area contributed by atoms with E-state index in [2.05, 4.69) is 4.98 Å². The summed E-state index contributed by atoms with van der Waals surface area (Å²) in [6, 6.07) is 24.4. The van der Waals surface area contributed by atoms with Crippen molar-refractivity contribution >= 4 is 11.5 Å². The zero-order valence-electron chi connectivity index (χ0n) is 17.3. The van der Waals surface area contributed by atoms with Crippen LogP contribution < -0.4 is 34.7 Å². The maximum Gasteiger partial charge on any atom is 1.00 e. The fourth-order valence-electron chi connectivity index (χ4n) is 3.38. The van der Waals surface area contributed by atoms with Gasteiger partial charge in [0.15, 0.2) is 0 Å². The maximum absolute atomic E-state index is 11.5. The number of imidazole rings is 1. The Morgan fingerprint density at radius 2 is 1.58 bits per heavy atom. The van der Waals surface area contributed by atoms with Gasteiger partial charge >= 0.3 is 29.6 Å². The van der Waals surface area contributed by atoms with Crippen LogP contribution in [0.1, 0.15) is 17.0 Å². The van der Waals surface area contributed by atoms with Crippen LogP contribution in [-0.4, -0.2) is 21.0 Å². The van der Waals surface area contributed by atoms with Crippen LogP contribution in [-0.2, 0) is 4.79 Å². The number of aryl methyl sites for hydroxylation is 1. The van der Waals surface area contributed by atoms with Crippen molar-refractivity contribution in [3.05, 3.63) is 102 Å². The fraction of sp³-hybridized carbons (Fsp3) is 0.0400. The van der Waals surface area contributed by atoms with Crippen molar-refractivity contribution in [1.82, 2.24) is 9.97 Å². The third kappa shape index (κ3) is 4.97. The van der Waals surface area contributed by atoms with Gasteiger partial charge in [-0.15, -0.1) is 0 Å². The van der Waals surface area contributed by atoms with Gasteiger partial charge in [0.2, 0.25) is 0 Å². The molecule has 31 heavy (non-hydrogen) atoms. The zero-order valence-corrected chi connectivity index (χ0v) is 19.3. The number of H-pyrrole nitrogens is 1. The topological polar surface area (TPSA) is 89.0 Å². The minimum absolute atomic E-state index is 0. The van der Waals surface area contributed by atoms with Crippen molar-refractivity contribution < 1.29 is 44.6 Å². The molecule has 4 rings (SSSR count). The number of rotatable bonds is 5. The van der Waals surface area contributed by atoms with Crippen LogP contribution in [0.5, 0.6) is 5.75 Å². The normalized spacial score (nSPS) is 11.1. The number of carboxylic acids is 1. The molecule has 0 fully saturated rings. The molecule has 1 heterocycles. The molecule has 0 radical (unpaired) electrons. The summed E-state index contributed by atoms with van der Waals surface area (Å²) in [5.41, 5.74) is 4.71. The molecule has 1 aromatic heterocycles. The quantitative estimate of drug-likeness (QED) is 0.373. The number of aliphatic carboxylic acids is 1. The molecule has 0 bridgehead atoms. The molecule has 0 amide bonds. The second-order valence-corrected chi connectivity index (χ2v) is 6.94. The molecule has 0 saturated carbocycles. The Balaban J connectivity index is 0.00000272. The predicted molar refractivity (Wildman–Crippen MR) is 114 cm³/mol. The largest absolute Gasteiger partial charge is 1.00 e. The Kier molecular flexibility index (Phi) is 7.13. The monoisotopic (exact) mass is 418 g/mol. The van der Waals surface area contributed by atoms with E-state index in [9.17, 15) is 15.0 Å². The average molecular weight is 418 g/mol. The molecular weight excluding hydrogens is 399 g/mol. The van der Waals surface area contributed by atoms with Gasteiger partial charge < -0.3 is 20.0 Å². The molecule has 0 aliphatic carbocycles. The number of carboxylic acid groups (broad SMARTS) is 1. The van der Waals surface area contributed by atoms with E-state index in [0.29, 0.717) is 17.1 Å². The molecular formula is C25H19N2NaO3. The number of benzene rings is 3. The van der Waals surface area contributed by atoms with E-state index in [4.69, 9.17) is 4.98 Å². The van der Waals surface area contributed by atoms with Crippen molar-refractivity contribution in [2.45, 2.75) is 6.92 Å². The summed E-state index contributed by atoms with van der Waals surface area (Å²) in [4.78, 5) is 19.4. The first kappa shape index (κ1) is 22.6. The van der Waals surface area contributed by atoms with Crippen LogP contribution in [0, 0.1) is 6.92 Å². The van der Waals surface area contributed by atoms with Crippen molar-refractivity contribution in [3.63, 3.8) is 0 Å². The molecule has 2 N–H and O–H groups in total. The van der Waals surface area contributed by atoms with Crippen molar-refractivity contribution in [3.8, 4) is 28.3 Å². The van der Waals surface area contributed by atoms with Crippen LogP contribution in [0.2, 0.25) is 0 Å². The number of nitrogens with one attached hydrogen (secondary N) is 1. The first-order chi connectivity index (χ1) is 14.5.